The summed E-state index contributed by atoms with van der Waals surface area (Å²) in [6, 6.07) is 0. The molecule has 98 valence electrons. The molecule has 2 N–H and O–H groups in total. The van der Waals surface area contributed by atoms with Crippen molar-refractivity contribution in [2.24, 2.45) is 0 Å². The summed E-state index contributed by atoms with van der Waals surface area (Å²) in [7, 11) is 1.85. The van der Waals surface area contributed by atoms with E-state index in [0.29, 0.717) is 0 Å². The van der Waals surface area contributed by atoms with Crippen molar-refractivity contribution >= 4 is 46.7 Å². The van der Waals surface area contributed by atoms with E-state index in [1.807, 2.05) is 18.8 Å². The Labute approximate surface area is 119 Å². The summed E-state index contributed by atoms with van der Waals surface area (Å²) in [5.74, 6) is 3.73. The van der Waals surface area contributed by atoms with Crippen molar-refractivity contribution in [3.63, 3.8) is 0 Å². The fraction of sp³-hybridized carbons (Fsp3) is 0.500. The Morgan fingerprint density at radius 3 is 2.83 bits per heavy atom. The molecule has 0 fully saturated rings. The lowest BCUT2D eigenvalue weighted by Crippen LogP contribution is -2.06. The van der Waals surface area contributed by atoms with Crippen LogP contribution in [0.4, 0.5) is 11.6 Å². The number of aryl methyl sites for hydroxylation is 1. The van der Waals surface area contributed by atoms with Gasteiger partial charge in [-0.3, -0.25) is 0 Å². The number of hydrogen-bond donors (Lipinski definition) is 2. The molecule has 0 aliphatic rings. The second-order valence-electron chi connectivity index (χ2n) is 3.62. The van der Waals surface area contributed by atoms with Crippen LogP contribution in [0.3, 0.4) is 0 Å². The fourth-order valence-corrected chi connectivity index (χ4v) is 3.59. The van der Waals surface area contributed by atoms with Gasteiger partial charge in [-0.1, -0.05) is 0 Å². The van der Waals surface area contributed by atoms with Crippen LogP contribution >= 0.6 is 35.0 Å². The van der Waals surface area contributed by atoms with Gasteiger partial charge in [-0.25, -0.2) is 0 Å². The number of nitrogens with one attached hydrogen (secondary N) is 2. The van der Waals surface area contributed by atoms with Gasteiger partial charge in [0.2, 0.25) is 0 Å². The Hall–Kier alpha value is -0.860. The summed E-state index contributed by atoms with van der Waals surface area (Å²) in [4.78, 5) is 0. The molecule has 18 heavy (non-hydrogen) atoms. The van der Waals surface area contributed by atoms with Crippen LogP contribution in [-0.4, -0.2) is 32.5 Å². The molecule has 0 aliphatic carbocycles. The van der Waals surface area contributed by atoms with Crippen LogP contribution in [0.5, 0.6) is 0 Å². The number of anilines is 2. The normalized spacial score (nSPS) is 10.6. The van der Waals surface area contributed by atoms with Crippen LogP contribution in [0.2, 0.25) is 0 Å². The molecule has 0 unspecified atom stereocenters. The van der Waals surface area contributed by atoms with E-state index in [0.717, 1.165) is 35.4 Å². The zero-order chi connectivity index (χ0) is 12.8. The maximum Gasteiger partial charge on any atom is 0.184 e. The first-order chi connectivity index (χ1) is 8.81. The Kier molecular flexibility index (Phi) is 5.21. The van der Waals surface area contributed by atoms with Gasteiger partial charge < -0.3 is 10.6 Å². The van der Waals surface area contributed by atoms with Gasteiger partial charge in [-0.2, -0.15) is 24.9 Å². The highest BCUT2D eigenvalue weighted by Gasteiger charge is 2.05. The second kappa shape index (κ2) is 6.91. The average molecular weight is 301 g/mol. The summed E-state index contributed by atoms with van der Waals surface area (Å²) in [5.41, 5.74) is 2.50. The van der Waals surface area contributed by atoms with Gasteiger partial charge in [0.15, 0.2) is 11.6 Å². The minimum atomic E-state index is 0.822. The van der Waals surface area contributed by atoms with Crippen LogP contribution in [-0.2, 0) is 5.75 Å². The molecule has 2 aromatic heterocycles. The predicted octanol–water partition coefficient (Wildman–Crippen LogP) is 2.69. The van der Waals surface area contributed by atoms with Gasteiger partial charge in [0.05, 0.1) is 17.4 Å². The van der Waals surface area contributed by atoms with Crippen LogP contribution in [0.1, 0.15) is 11.3 Å². The Balaban J connectivity index is 1.66. The summed E-state index contributed by atoms with van der Waals surface area (Å²) < 4.78 is 12.6. The summed E-state index contributed by atoms with van der Waals surface area (Å²) >= 11 is 4.64. The highest BCUT2D eigenvalue weighted by Crippen LogP contribution is 2.19. The van der Waals surface area contributed by atoms with Crippen LogP contribution in [0, 0.1) is 6.92 Å². The Morgan fingerprint density at radius 2 is 2.11 bits per heavy atom. The van der Waals surface area contributed by atoms with E-state index in [1.165, 1.54) is 28.8 Å². The maximum atomic E-state index is 4.27. The lowest BCUT2D eigenvalue weighted by molar-refractivity contribution is 1.19. The third kappa shape index (κ3) is 3.56. The van der Waals surface area contributed by atoms with Crippen molar-refractivity contribution in [3.8, 4) is 0 Å². The van der Waals surface area contributed by atoms with Gasteiger partial charge in [0.25, 0.3) is 0 Å². The fourth-order valence-electron chi connectivity index (χ4n) is 1.34. The number of hydrogen-bond acceptors (Lipinski definition) is 8. The van der Waals surface area contributed by atoms with E-state index in [4.69, 9.17) is 0 Å². The minimum absolute atomic E-state index is 0.822. The van der Waals surface area contributed by atoms with Crippen molar-refractivity contribution in [1.29, 1.82) is 0 Å². The van der Waals surface area contributed by atoms with Crippen molar-refractivity contribution < 1.29 is 0 Å². The van der Waals surface area contributed by atoms with E-state index >= 15 is 0 Å². The molecule has 0 saturated carbocycles. The number of thioether (sulfide) groups is 1. The van der Waals surface area contributed by atoms with E-state index in [1.54, 1.807) is 0 Å². The molecular formula is C10H15N5S3. The van der Waals surface area contributed by atoms with Gasteiger partial charge >= 0.3 is 0 Å². The van der Waals surface area contributed by atoms with Crippen LogP contribution in [0.25, 0.3) is 0 Å². The van der Waals surface area contributed by atoms with Gasteiger partial charge in [-0.05, 0) is 24.0 Å². The molecule has 0 amide bonds. The van der Waals surface area contributed by atoms with E-state index < -0.39 is 0 Å². The first-order valence-electron chi connectivity index (χ1n) is 5.53. The molecule has 0 aliphatic heterocycles. The minimum Gasteiger partial charge on any atom is -0.369 e. The lowest BCUT2D eigenvalue weighted by atomic mass is 10.3. The summed E-state index contributed by atoms with van der Waals surface area (Å²) in [5, 5.41) is 8.41. The predicted molar refractivity (Wildman–Crippen MR) is 81.0 cm³/mol. The third-order valence-electron chi connectivity index (χ3n) is 2.37. The van der Waals surface area contributed by atoms with Gasteiger partial charge in [0, 0.05) is 30.5 Å². The SMILES string of the molecule is CNc1nsnc1NCCSCc1csnc1C. The molecule has 2 rings (SSSR count). The molecule has 0 radical (unpaired) electrons. The Bertz CT molecular complexity index is 481. The topological polar surface area (TPSA) is 62.7 Å². The van der Waals surface area contributed by atoms with Crippen LogP contribution < -0.4 is 10.6 Å². The quantitative estimate of drug-likeness (QED) is 0.767. The smallest absolute Gasteiger partial charge is 0.184 e. The number of rotatable bonds is 7. The van der Waals surface area contributed by atoms with Crippen molar-refractivity contribution in [2.45, 2.75) is 12.7 Å². The maximum absolute atomic E-state index is 4.27. The van der Waals surface area contributed by atoms with E-state index in [9.17, 15) is 0 Å². The largest absolute Gasteiger partial charge is 0.369 e. The molecule has 0 spiro atoms. The van der Waals surface area contributed by atoms with E-state index in [2.05, 4.69) is 36.1 Å². The van der Waals surface area contributed by atoms with Gasteiger partial charge in [0.1, 0.15) is 0 Å². The highest BCUT2D eigenvalue weighted by molar-refractivity contribution is 7.98. The molecule has 8 heteroatoms. The molecule has 5 nitrogen and oxygen atoms in total. The van der Waals surface area contributed by atoms with Crippen LogP contribution in [0.15, 0.2) is 5.38 Å². The molecule has 2 heterocycles. The third-order valence-corrected chi connectivity index (χ3v) is 4.68. The summed E-state index contributed by atoms with van der Waals surface area (Å²) in [6.07, 6.45) is 0. The highest BCUT2D eigenvalue weighted by atomic mass is 32.2. The first kappa shape index (κ1) is 13.6. The molecule has 0 bridgehead atoms. The van der Waals surface area contributed by atoms with Gasteiger partial charge in [-0.15, -0.1) is 0 Å². The number of aromatic nitrogens is 3. The average Bonchev–Trinajstić information content (AvgIpc) is 2.98. The molecule has 0 saturated heterocycles. The van der Waals surface area contributed by atoms with E-state index in [-0.39, 0.29) is 0 Å². The molecule has 0 atom stereocenters. The first-order valence-corrected chi connectivity index (χ1v) is 8.25. The van der Waals surface area contributed by atoms with Crippen molar-refractivity contribution in [1.82, 2.24) is 13.1 Å². The van der Waals surface area contributed by atoms with Crippen molar-refractivity contribution in [3.05, 3.63) is 16.6 Å². The second-order valence-corrected chi connectivity index (χ2v) is 5.88. The number of nitrogens with zero attached hydrogens (tertiary/aromatic N) is 3. The lowest BCUT2D eigenvalue weighted by Gasteiger charge is -2.04. The zero-order valence-electron chi connectivity index (χ0n) is 10.3. The van der Waals surface area contributed by atoms with Crippen molar-refractivity contribution in [2.75, 3.05) is 30.0 Å². The summed E-state index contributed by atoms with van der Waals surface area (Å²) in [6.45, 7) is 2.95. The monoisotopic (exact) mass is 301 g/mol. The Morgan fingerprint density at radius 1 is 1.28 bits per heavy atom. The molecule has 0 aromatic carbocycles. The molecule has 2 aromatic rings. The molecular weight excluding hydrogens is 286 g/mol. The standard InChI is InChI=1S/C10H15N5S3/c1-7-8(6-17-13-7)5-16-4-3-12-10-9(11-2)14-18-15-10/h6H,3-5H2,1-2H3,(H,11,14)(H,12,15). The zero-order valence-corrected chi connectivity index (χ0v) is 12.7.